The molecule has 1 N–H and O–H groups in total. The van der Waals surface area contributed by atoms with Crippen molar-refractivity contribution in [2.45, 2.75) is 44.0 Å². The van der Waals surface area contributed by atoms with Crippen LogP contribution in [-0.2, 0) is 20.4 Å². The third kappa shape index (κ3) is 4.47. The molecule has 1 atom stereocenters. The summed E-state index contributed by atoms with van der Waals surface area (Å²) in [6.07, 6.45) is 1.06. The summed E-state index contributed by atoms with van der Waals surface area (Å²) in [7, 11) is -3.59. The first-order chi connectivity index (χ1) is 16.2. The third-order valence-electron chi connectivity index (χ3n) is 6.80. The summed E-state index contributed by atoms with van der Waals surface area (Å²) in [5.41, 5.74) is 1.78. The summed E-state index contributed by atoms with van der Waals surface area (Å²) in [5.74, 6) is -0.266. The maximum absolute atomic E-state index is 13.5. The predicted octanol–water partition coefficient (Wildman–Crippen LogP) is 2.81. The maximum Gasteiger partial charge on any atom is 0.326 e. The third-order valence-corrected chi connectivity index (χ3v) is 8.71. The molecule has 182 valence electrons. The summed E-state index contributed by atoms with van der Waals surface area (Å²) in [5, 5.41) is 2.92. The van der Waals surface area contributed by atoms with E-state index in [0.717, 1.165) is 16.7 Å². The van der Waals surface area contributed by atoms with E-state index in [1.807, 2.05) is 49.9 Å². The number of amides is 3. The van der Waals surface area contributed by atoms with E-state index in [1.54, 1.807) is 24.3 Å². The van der Waals surface area contributed by atoms with Gasteiger partial charge in [0.05, 0.1) is 11.6 Å². The number of benzene rings is 2. The van der Waals surface area contributed by atoms with Crippen LogP contribution in [0.5, 0.6) is 0 Å². The average molecular weight is 485 g/mol. The van der Waals surface area contributed by atoms with Crippen molar-refractivity contribution in [3.05, 3.63) is 65.2 Å². The van der Waals surface area contributed by atoms with Crippen molar-refractivity contribution >= 4 is 22.0 Å². The number of hydrogen-bond acceptors (Lipinski definition) is 5. The molecule has 2 aromatic carbocycles. The molecule has 0 bridgehead atoms. The Hall–Kier alpha value is -2.75. The second kappa shape index (κ2) is 9.48. The van der Waals surface area contributed by atoms with Crippen LogP contribution >= 0.6 is 0 Å². The zero-order chi connectivity index (χ0) is 24.5. The van der Waals surface area contributed by atoms with Gasteiger partial charge in [-0.2, -0.15) is 4.31 Å². The van der Waals surface area contributed by atoms with Gasteiger partial charge in [0.15, 0.2) is 0 Å². The molecule has 0 spiro atoms. The van der Waals surface area contributed by atoms with Crippen molar-refractivity contribution in [3.63, 3.8) is 0 Å². The Bertz CT molecular complexity index is 1160. The van der Waals surface area contributed by atoms with Crippen LogP contribution in [0.3, 0.4) is 0 Å². The highest BCUT2D eigenvalue weighted by Gasteiger charge is 2.51. The summed E-state index contributed by atoms with van der Waals surface area (Å²) in [6, 6.07) is 14.1. The lowest BCUT2D eigenvalue weighted by Crippen LogP contribution is -2.46. The first kappa shape index (κ1) is 24.4. The first-order valence-electron chi connectivity index (χ1n) is 11.7. The van der Waals surface area contributed by atoms with Gasteiger partial charge >= 0.3 is 6.03 Å². The Morgan fingerprint density at radius 3 is 2.12 bits per heavy atom. The number of rotatable bonds is 6. The largest absolute Gasteiger partial charge is 0.326 e. The highest BCUT2D eigenvalue weighted by Crippen LogP contribution is 2.33. The van der Waals surface area contributed by atoms with Crippen molar-refractivity contribution in [2.75, 3.05) is 32.8 Å². The molecule has 2 aromatic rings. The molecule has 2 heterocycles. The van der Waals surface area contributed by atoms with Crippen LogP contribution in [0.4, 0.5) is 4.79 Å². The van der Waals surface area contributed by atoms with Gasteiger partial charge in [0, 0.05) is 26.2 Å². The number of sulfonamides is 1. The zero-order valence-electron chi connectivity index (χ0n) is 20.0. The number of carbonyl (C=O) groups is 2. The number of imide groups is 1. The van der Waals surface area contributed by atoms with Crippen molar-refractivity contribution in [1.29, 1.82) is 0 Å². The molecular formula is C25H32N4O4S. The van der Waals surface area contributed by atoms with Crippen LogP contribution in [0, 0.1) is 13.8 Å². The van der Waals surface area contributed by atoms with Crippen LogP contribution in [-0.4, -0.2) is 67.3 Å². The lowest BCUT2D eigenvalue weighted by atomic mass is 9.87. The SMILES string of the molecule is CC[C@@]1(c2ccc(C)cc2)NC(=O)N(CN2CCCN(S(=O)(=O)c3ccc(C)cc3)CC2)C1=O. The minimum absolute atomic E-state index is 0.136. The van der Waals surface area contributed by atoms with Gasteiger partial charge in [-0.1, -0.05) is 54.4 Å². The number of aryl methyl sites for hydroxylation is 2. The van der Waals surface area contributed by atoms with Gasteiger partial charge in [0.2, 0.25) is 10.0 Å². The van der Waals surface area contributed by atoms with Crippen molar-refractivity contribution in [3.8, 4) is 0 Å². The number of nitrogens with zero attached hydrogens (tertiary/aromatic N) is 3. The molecule has 2 saturated heterocycles. The van der Waals surface area contributed by atoms with E-state index in [-0.39, 0.29) is 17.5 Å². The fourth-order valence-corrected chi connectivity index (χ4v) is 6.09. The minimum atomic E-state index is -3.59. The average Bonchev–Trinajstić information content (AvgIpc) is 2.97. The molecular weight excluding hydrogens is 452 g/mol. The monoisotopic (exact) mass is 484 g/mol. The molecule has 0 aromatic heterocycles. The zero-order valence-corrected chi connectivity index (χ0v) is 20.8. The lowest BCUT2D eigenvalue weighted by molar-refractivity contribution is -0.133. The van der Waals surface area contributed by atoms with Gasteiger partial charge in [-0.3, -0.25) is 9.69 Å². The molecule has 0 unspecified atom stereocenters. The molecule has 2 fully saturated rings. The van der Waals surface area contributed by atoms with Gasteiger partial charge in [0.1, 0.15) is 5.54 Å². The van der Waals surface area contributed by atoms with Crippen LogP contribution in [0.15, 0.2) is 53.4 Å². The molecule has 9 heteroatoms. The second-order valence-electron chi connectivity index (χ2n) is 9.12. The molecule has 2 aliphatic heterocycles. The number of hydrogen-bond donors (Lipinski definition) is 1. The smallest absolute Gasteiger partial charge is 0.319 e. The molecule has 34 heavy (non-hydrogen) atoms. The van der Waals surface area contributed by atoms with Crippen LogP contribution in [0.25, 0.3) is 0 Å². The molecule has 2 aliphatic rings. The fraction of sp³-hybridized carbons (Fsp3) is 0.440. The fourth-order valence-electron chi connectivity index (χ4n) is 4.62. The van der Waals surface area contributed by atoms with Crippen LogP contribution in [0.2, 0.25) is 0 Å². The number of nitrogens with one attached hydrogen (secondary N) is 1. The topological polar surface area (TPSA) is 90.0 Å². The highest BCUT2D eigenvalue weighted by molar-refractivity contribution is 7.89. The molecule has 0 radical (unpaired) electrons. The standard InChI is InChI=1S/C25H32N4O4S/c1-4-25(21-10-6-19(2)7-11-21)23(30)29(24(31)26-25)18-27-14-5-15-28(17-16-27)34(32,33)22-12-8-20(3)9-13-22/h6-13H,4-5,14-18H2,1-3H3,(H,26,31)/t25-/m0/s1. The maximum atomic E-state index is 13.5. The van der Waals surface area contributed by atoms with Crippen LogP contribution < -0.4 is 5.32 Å². The minimum Gasteiger partial charge on any atom is -0.319 e. The van der Waals surface area contributed by atoms with E-state index in [2.05, 4.69) is 5.32 Å². The van der Waals surface area contributed by atoms with Gasteiger partial charge in [-0.25, -0.2) is 18.1 Å². The second-order valence-corrected chi connectivity index (χ2v) is 11.1. The molecule has 0 aliphatic carbocycles. The Morgan fingerprint density at radius 1 is 0.882 bits per heavy atom. The normalized spacial score (nSPS) is 22.6. The highest BCUT2D eigenvalue weighted by atomic mass is 32.2. The van der Waals surface area contributed by atoms with Crippen molar-refractivity contribution in [1.82, 2.24) is 19.4 Å². The summed E-state index contributed by atoms with van der Waals surface area (Å²) in [4.78, 5) is 29.8. The van der Waals surface area contributed by atoms with E-state index in [0.29, 0.717) is 39.0 Å². The lowest BCUT2D eigenvalue weighted by Gasteiger charge is -2.28. The Morgan fingerprint density at radius 2 is 1.50 bits per heavy atom. The van der Waals surface area contributed by atoms with Crippen molar-refractivity contribution in [2.24, 2.45) is 0 Å². The Balaban J connectivity index is 1.46. The van der Waals surface area contributed by atoms with E-state index in [9.17, 15) is 18.0 Å². The number of urea groups is 1. The van der Waals surface area contributed by atoms with Gasteiger partial charge in [-0.05, 0) is 44.4 Å². The summed E-state index contributed by atoms with van der Waals surface area (Å²) < 4.78 is 27.7. The Labute approximate surface area is 201 Å². The molecule has 3 amide bonds. The van der Waals surface area contributed by atoms with E-state index >= 15 is 0 Å². The van der Waals surface area contributed by atoms with Gasteiger partial charge in [-0.15, -0.1) is 0 Å². The van der Waals surface area contributed by atoms with Gasteiger partial charge < -0.3 is 5.32 Å². The molecule has 4 rings (SSSR count). The van der Waals surface area contributed by atoms with E-state index in [4.69, 9.17) is 0 Å². The summed E-state index contributed by atoms with van der Waals surface area (Å²) >= 11 is 0. The Kier molecular flexibility index (Phi) is 6.80. The number of carbonyl (C=O) groups excluding carboxylic acids is 2. The molecule has 8 nitrogen and oxygen atoms in total. The molecule has 0 saturated carbocycles. The van der Waals surface area contributed by atoms with Crippen LogP contribution in [0.1, 0.15) is 36.5 Å². The quantitative estimate of drug-likeness (QED) is 0.637. The van der Waals surface area contributed by atoms with E-state index in [1.165, 1.54) is 9.21 Å². The van der Waals surface area contributed by atoms with Crippen molar-refractivity contribution < 1.29 is 18.0 Å². The van der Waals surface area contributed by atoms with Gasteiger partial charge in [0.25, 0.3) is 5.91 Å². The predicted molar refractivity (Wildman–Crippen MR) is 130 cm³/mol. The first-order valence-corrected chi connectivity index (χ1v) is 13.1. The summed E-state index contributed by atoms with van der Waals surface area (Å²) in [6.45, 7) is 7.66. The van der Waals surface area contributed by atoms with E-state index < -0.39 is 21.6 Å².